The van der Waals surface area contributed by atoms with Crippen molar-refractivity contribution in [2.45, 2.75) is 83.6 Å². The van der Waals surface area contributed by atoms with Gasteiger partial charge in [0, 0.05) is 19.0 Å². The highest BCUT2D eigenvalue weighted by molar-refractivity contribution is 5.77. The summed E-state index contributed by atoms with van der Waals surface area (Å²) in [4.78, 5) is 23.1. The Morgan fingerprint density at radius 3 is 2.59 bits per heavy atom. The summed E-state index contributed by atoms with van der Waals surface area (Å²) in [6, 6.07) is -0.0893. The van der Waals surface area contributed by atoms with Gasteiger partial charge in [-0.15, -0.1) is 0 Å². The predicted molar refractivity (Wildman–Crippen MR) is 87.7 cm³/mol. The molecular weight excluding hydrogens is 280 g/mol. The molecule has 22 heavy (non-hydrogen) atoms. The normalized spacial score (nSPS) is 18.4. The van der Waals surface area contributed by atoms with Crippen molar-refractivity contribution >= 4 is 12.0 Å². The topological polar surface area (TPSA) is 67.4 Å². The number of unbranched alkanes of at least 4 members (excludes halogenated alkanes) is 7. The summed E-state index contributed by atoms with van der Waals surface area (Å²) in [5.41, 5.74) is 0. The van der Waals surface area contributed by atoms with Crippen LogP contribution >= 0.6 is 0 Å². The van der Waals surface area contributed by atoms with E-state index in [1.54, 1.807) is 0 Å². The van der Waals surface area contributed by atoms with Crippen LogP contribution in [0.1, 0.15) is 77.6 Å². The monoisotopic (exact) mass is 312 g/mol. The van der Waals surface area contributed by atoms with Crippen LogP contribution in [0.4, 0.5) is 4.79 Å². The molecule has 2 N–H and O–H groups in total. The van der Waals surface area contributed by atoms with Crippen molar-refractivity contribution in [2.24, 2.45) is 0 Å². The first kappa shape index (κ1) is 18.8. The van der Waals surface area contributed by atoms with E-state index in [1.807, 2.05) is 0 Å². The fourth-order valence-electron chi connectivity index (χ4n) is 2.71. The molecule has 5 nitrogen and oxygen atoms in total. The Hall–Kier alpha value is -1.26. The lowest BCUT2D eigenvalue weighted by Crippen LogP contribution is -2.37. The Bertz CT molecular complexity index is 321. The lowest BCUT2D eigenvalue weighted by atomic mass is 10.1. The average Bonchev–Trinajstić information content (AvgIpc) is 2.69. The molecule has 0 saturated carbocycles. The van der Waals surface area contributed by atoms with Gasteiger partial charge < -0.3 is 15.4 Å². The van der Waals surface area contributed by atoms with Crippen LogP contribution in [0, 0.1) is 0 Å². The summed E-state index contributed by atoms with van der Waals surface area (Å²) >= 11 is 0. The lowest BCUT2D eigenvalue weighted by molar-refractivity contribution is -0.121. The summed E-state index contributed by atoms with van der Waals surface area (Å²) in [5, 5.41) is 5.59. The standard InChI is InChI=1S/C17H32N2O3/c1-2-3-4-5-6-7-8-9-13-22-17(21)19-15-11-10-12-18-16(20)14-15/h15H,2-14H2,1H3,(H,18,20)(H,19,21)/t15-/m0/s1. The number of alkyl carbamates (subject to hydrolysis) is 1. The van der Waals surface area contributed by atoms with E-state index >= 15 is 0 Å². The second kappa shape index (κ2) is 12.3. The lowest BCUT2D eigenvalue weighted by Gasteiger charge is -2.15. The van der Waals surface area contributed by atoms with Gasteiger partial charge in [-0.05, 0) is 19.3 Å². The maximum Gasteiger partial charge on any atom is 0.407 e. The number of amides is 2. The molecule has 1 atom stereocenters. The summed E-state index contributed by atoms with van der Waals surface area (Å²) in [5.74, 6) is 0.00544. The van der Waals surface area contributed by atoms with Gasteiger partial charge in [0.25, 0.3) is 0 Å². The van der Waals surface area contributed by atoms with Gasteiger partial charge in [-0.3, -0.25) is 4.79 Å². The Morgan fingerprint density at radius 1 is 1.18 bits per heavy atom. The summed E-state index contributed by atoms with van der Waals surface area (Å²) in [7, 11) is 0. The van der Waals surface area contributed by atoms with Gasteiger partial charge in [0.15, 0.2) is 0 Å². The summed E-state index contributed by atoms with van der Waals surface area (Å²) in [6.45, 7) is 3.40. The minimum atomic E-state index is -0.386. The van der Waals surface area contributed by atoms with Crippen LogP contribution in [0.5, 0.6) is 0 Å². The fourth-order valence-corrected chi connectivity index (χ4v) is 2.71. The van der Waals surface area contributed by atoms with Gasteiger partial charge in [0.2, 0.25) is 5.91 Å². The van der Waals surface area contributed by atoms with Gasteiger partial charge >= 0.3 is 6.09 Å². The molecular formula is C17H32N2O3. The maximum atomic E-state index is 11.7. The Balaban J connectivity index is 1.95. The Kier molecular flexibility index (Phi) is 10.5. The summed E-state index contributed by atoms with van der Waals surface area (Å²) in [6.07, 6.45) is 11.5. The number of hydrogen-bond acceptors (Lipinski definition) is 3. The Morgan fingerprint density at radius 2 is 1.86 bits per heavy atom. The number of carbonyl (C=O) groups is 2. The molecule has 0 unspecified atom stereocenters. The van der Waals surface area contributed by atoms with Crippen LogP contribution in [-0.2, 0) is 9.53 Å². The van der Waals surface area contributed by atoms with E-state index in [-0.39, 0.29) is 18.0 Å². The molecule has 0 aromatic heterocycles. The van der Waals surface area contributed by atoms with Crippen LogP contribution in [0.3, 0.4) is 0 Å². The molecule has 1 saturated heterocycles. The van der Waals surface area contributed by atoms with Crippen molar-refractivity contribution in [3.05, 3.63) is 0 Å². The molecule has 0 aromatic rings. The van der Waals surface area contributed by atoms with Crippen LogP contribution in [0.25, 0.3) is 0 Å². The van der Waals surface area contributed by atoms with Gasteiger partial charge in [0.1, 0.15) is 0 Å². The Labute approximate surface area is 134 Å². The minimum absolute atomic E-state index is 0.00544. The third-order valence-electron chi connectivity index (χ3n) is 4.04. The molecule has 2 amide bonds. The molecule has 0 bridgehead atoms. The molecule has 1 heterocycles. The molecule has 0 spiro atoms. The zero-order valence-electron chi connectivity index (χ0n) is 14.0. The van der Waals surface area contributed by atoms with E-state index in [2.05, 4.69) is 17.6 Å². The van der Waals surface area contributed by atoms with E-state index in [1.165, 1.54) is 38.5 Å². The van der Waals surface area contributed by atoms with E-state index in [9.17, 15) is 9.59 Å². The van der Waals surface area contributed by atoms with Gasteiger partial charge in [-0.25, -0.2) is 4.79 Å². The maximum absolute atomic E-state index is 11.7. The van der Waals surface area contributed by atoms with Crippen molar-refractivity contribution in [1.82, 2.24) is 10.6 Å². The summed E-state index contributed by atoms with van der Waals surface area (Å²) < 4.78 is 5.18. The van der Waals surface area contributed by atoms with Crippen LogP contribution in [0.2, 0.25) is 0 Å². The third-order valence-corrected chi connectivity index (χ3v) is 4.04. The number of hydrogen-bond donors (Lipinski definition) is 2. The zero-order chi connectivity index (χ0) is 16.0. The fraction of sp³-hybridized carbons (Fsp3) is 0.882. The average molecular weight is 312 g/mol. The zero-order valence-corrected chi connectivity index (χ0v) is 14.0. The van der Waals surface area contributed by atoms with E-state index in [0.29, 0.717) is 19.6 Å². The second-order valence-corrected chi connectivity index (χ2v) is 6.15. The van der Waals surface area contributed by atoms with Crippen molar-refractivity contribution in [2.75, 3.05) is 13.2 Å². The van der Waals surface area contributed by atoms with Gasteiger partial charge in [-0.2, -0.15) is 0 Å². The second-order valence-electron chi connectivity index (χ2n) is 6.15. The number of ether oxygens (including phenoxy) is 1. The van der Waals surface area contributed by atoms with E-state index < -0.39 is 0 Å². The smallest absolute Gasteiger partial charge is 0.407 e. The van der Waals surface area contributed by atoms with E-state index in [0.717, 1.165) is 25.7 Å². The highest BCUT2D eigenvalue weighted by atomic mass is 16.5. The minimum Gasteiger partial charge on any atom is -0.450 e. The van der Waals surface area contributed by atoms with E-state index in [4.69, 9.17) is 4.74 Å². The van der Waals surface area contributed by atoms with Gasteiger partial charge in [-0.1, -0.05) is 51.9 Å². The predicted octanol–water partition coefficient (Wildman–Crippen LogP) is 3.52. The molecule has 0 aromatic carbocycles. The molecule has 0 radical (unpaired) electrons. The van der Waals surface area contributed by atoms with Crippen molar-refractivity contribution in [1.29, 1.82) is 0 Å². The van der Waals surface area contributed by atoms with Crippen LogP contribution in [0.15, 0.2) is 0 Å². The number of nitrogens with one attached hydrogen (secondary N) is 2. The first-order chi connectivity index (χ1) is 10.7. The molecule has 5 heteroatoms. The molecule has 1 fully saturated rings. The van der Waals surface area contributed by atoms with Gasteiger partial charge in [0.05, 0.1) is 6.61 Å². The molecule has 1 rings (SSSR count). The van der Waals surface area contributed by atoms with Crippen molar-refractivity contribution < 1.29 is 14.3 Å². The largest absolute Gasteiger partial charge is 0.450 e. The van der Waals surface area contributed by atoms with Crippen LogP contribution in [-0.4, -0.2) is 31.2 Å². The number of rotatable bonds is 10. The SMILES string of the molecule is CCCCCCCCCCOC(=O)N[C@H]1CCCNC(=O)C1. The molecule has 1 aliphatic rings. The van der Waals surface area contributed by atoms with Crippen LogP contribution < -0.4 is 10.6 Å². The van der Waals surface area contributed by atoms with Crippen molar-refractivity contribution in [3.63, 3.8) is 0 Å². The molecule has 1 aliphatic heterocycles. The third kappa shape index (κ3) is 9.64. The quantitative estimate of drug-likeness (QED) is 0.606. The highest BCUT2D eigenvalue weighted by Crippen LogP contribution is 2.09. The first-order valence-corrected chi connectivity index (χ1v) is 8.92. The first-order valence-electron chi connectivity index (χ1n) is 8.92. The molecule has 128 valence electrons. The number of carbonyl (C=O) groups excluding carboxylic acids is 2. The van der Waals surface area contributed by atoms with Crippen molar-refractivity contribution in [3.8, 4) is 0 Å². The molecule has 0 aliphatic carbocycles. The highest BCUT2D eigenvalue weighted by Gasteiger charge is 2.19.